The van der Waals surface area contributed by atoms with Crippen molar-refractivity contribution in [2.75, 3.05) is 11.9 Å². The van der Waals surface area contributed by atoms with Gasteiger partial charge in [-0.05, 0) is 44.2 Å². The van der Waals surface area contributed by atoms with Crippen LogP contribution in [0.5, 0.6) is 5.75 Å². The van der Waals surface area contributed by atoms with Crippen LogP contribution in [0.2, 0.25) is 0 Å². The molecule has 27 heavy (non-hydrogen) atoms. The molecule has 1 amide bonds. The zero-order valence-corrected chi connectivity index (χ0v) is 15.0. The molecular weight excluding hydrogens is 360 g/mol. The molecular formula is C18H19F2N3O4. The average Bonchev–Trinajstić information content (AvgIpc) is 2.84. The first-order valence-electron chi connectivity index (χ1n) is 7.96. The van der Waals surface area contributed by atoms with Gasteiger partial charge in [0.2, 0.25) is 0 Å². The molecule has 9 heteroatoms. The van der Waals surface area contributed by atoms with Gasteiger partial charge in [0.05, 0.1) is 5.69 Å². The topological polar surface area (TPSA) is 82.5 Å². The molecule has 2 aromatic rings. The van der Waals surface area contributed by atoms with Crippen LogP contribution >= 0.6 is 0 Å². The molecule has 0 spiro atoms. The number of anilines is 1. The smallest absolute Gasteiger partial charge is 0.387 e. The fourth-order valence-electron chi connectivity index (χ4n) is 2.28. The van der Waals surface area contributed by atoms with Gasteiger partial charge in [0, 0.05) is 30.1 Å². The number of halogens is 2. The number of ether oxygens (including phenoxy) is 2. The van der Waals surface area contributed by atoms with Crippen molar-refractivity contribution in [1.82, 2.24) is 9.78 Å². The number of nitrogens with one attached hydrogen (secondary N) is 1. The van der Waals surface area contributed by atoms with Crippen LogP contribution in [0.25, 0.3) is 6.08 Å². The van der Waals surface area contributed by atoms with E-state index in [1.165, 1.54) is 30.3 Å². The van der Waals surface area contributed by atoms with Gasteiger partial charge in [-0.2, -0.15) is 13.9 Å². The van der Waals surface area contributed by atoms with Gasteiger partial charge >= 0.3 is 12.6 Å². The second-order valence-corrected chi connectivity index (χ2v) is 5.60. The van der Waals surface area contributed by atoms with Crippen LogP contribution in [-0.4, -0.2) is 34.9 Å². The van der Waals surface area contributed by atoms with Crippen LogP contribution in [0, 0.1) is 13.8 Å². The molecule has 0 radical (unpaired) electrons. The van der Waals surface area contributed by atoms with E-state index in [-0.39, 0.29) is 5.75 Å². The summed E-state index contributed by atoms with van der Waals surface area (Å²) >= 11 is 0. The van der Waals surface area contributed by atoms with E-state index >= 15 is 0 Å². The second-order valence-electron chi connectivity index (χ2n) is 5.60. The number of benzene rings is 1. The van der Waals surface area contributed by atoms with Crippen LogP contribution in [0.3, 0.4) is 0 Å². The molecule has 144 valence electrons. The summed E-state index contributed by atoms with van der Waals surface area (Å²) in [6, 6.07) is 5.36. The standard InChI is InChI=1S/C18H19F2N3O4/c1-11-15(12(2)23(3)22-11)8-9-17(25)26-10-16(24)21-13-4-6-14(7-5-13)27-18(19)20/h4-9,18H,10H2,1-3H3,(H,21,24)/b9-8+. The zero-order chi connectivity index (χ0) is 20.0. The summed E-state index contributed by atoms with van der Waals surface area (Å²) < 4.78 is 34.9. The second kappa shape index (κ2) is 8.93. The lowest BCUT2D eigenvalue weighted by atomic mass is 10.2. The minimum absolute atomic E-state index is 0.0273. The number of alkyl halides is 2. The predicted octanol–water partition coefficient (Wildman–Crippen LogP) is 2.83. The number of esters is 1. The van der Waals surface area contributed by atoms with Crippen molar-refractivity contribution in [2.45, 2.75) is 20.5 Å². The molecule has 0 unspecified atom stereocenters. The maximum absolute atomic E-state index is 12.1. The minimum Gasteiger partial charge on any atom is -0.452 e. The number of aromatic nitrogens is 2. The molecule has 2 rings (SSSR count). The Morgan fingerprint density at radius 3 is 2.48 bits per heavy atom. The molecule has 1 N–H and O–H groups in total. The van der Waals surface area contributed by atoms with Crippen LogP contribution in [0.4, 0.5) is 14.5 Å². The number of carbonyl (C=O) groups excluding carboxylic acids is 2. The van der Waals surface area contributed by atoms with Gasteiger partial charge < -0.3 is 14.8 Å². The molecule has 0 saturated carbocycles. The van der Waals surface area contributed by atoms with Crippen molar-refractivity contribution in [1.29, 1.82) is 0 Å². The van der Waals surface area contributed by atoms with Crippen molar-refractivity contribution < 1.29 is 27.8 Å². The molecule has 1 heterocycles. The molecule has 0 bridgehead atoms. The van der Waals surface area contributed by atoms with Gasteiger partial charge in [0.15, 0.2) is 6.61 Å². The van der Waals surface area contributed by atoms with E-state index in [0.717, 1.165) is 17.0 Å². The molecule has 0 fully saturated rings. The molecule has 0 aliphatic rings. The number of rotatable bonds is 7. The van der Waals surface area contributed by atoms with E-state index in [9.17, 15) is 18.4 Å². The van der Waals surface area contributed by atoms with E-state index in [1.54, 1.807) is 17.8 Å². The predicted molar refractivity (Wildman–Crippen MR) is 94.4 cm³/mol. The molecule has 1 aromatic carbocycles. The SMILES string of the molecule is Cc1nn(C)c(C)c1/C=C/C(=O)OCC(=O)Nc1ccc(OC(F)F)cc1. The third kappa shape index (κ3) is 5.91. The van der Waals surface area contributed by atoms with Crippen molar-refractivity contribution in [3.8, 4) is 5.75 Å². The Kier molecular flexibility index (Phi) is 6.64. The molecule has 0 aliphatic carbocycles. The first kappa shape index (κ1) is 20.1. The van der Waals surface area contributed by atoms with Gasteiger partial charge in [-0.1, -0.05) is 0 Å². The summed E-state index contributed by atoms with van der Waals surface area (Å²) in [5.74, 6) is -1.26. The maximum Gasteiger partial charge on any atom is 0.387 e. The highest BCUT2D eigenvalue weighted by atomic mass is 19.3. The van der Waals surface area contributed by atoms with Crippen molar-refractivity contribution in [2.24, 2.45) is 7.05 Å². The number of carbonyl (C=O) groups is 2. The summed E-state index contributed by atoms with van der Waals surface area (Å²) in [4.78, 5) is 23.5. The number of amides is 1. The average molecular weight is 379 g/mol. The molecule has 7 nitrogen and oxygen atoms in total. The summed E-state index contributed by atoms with van der Waals surface area (Å²) in [5, 5.41) is 6.71. The highest BCUT2D eigenvalue weighted by Crippen LogP contribution is 2.17. The lowest BCUT2D eigenvalue weighted by Gasteiger charge is -2.07. The number of nitrogens with zero attached hydrogens (tertiary/aromatic N) is 2. The van der Waals surface area contributed by atoms with E-state index in [1.807, 2.05) is 13.8 Å². The summed E-state index contributed by atoms with van der Waals surface area (Å²) in [6.07, 6.45) is 2.81. The number of hydrogen-bond acceptors (Lipinski definition) is 5. The fourth-order valence-corrected chi connectivity index (χ4v) is 2.28. The molecule has 0 saturated heterocycles. The van der Waals surface area contributed by atoms with Crippen LogP contribution < -0.4 is 10.1 Å². The zero-order valence-electron chi connectivity index (χ0n) is 15.0. The van der Waals surface area contributed by atoms with E-state index < -0.39 is 25.1 Å². The van der Waals surface area contributed by atoms with E-state index in [2.05, 4.69) is 15.2 Å². The molecule has 1 aromatic heterocycles. The molecule has 0 aliphatic heterocycles. The number of aryl methyl sites for hydroxylation is 2. The van der Waals surface area contributed by atoms with E-state index in [4.69, 9.17) is 4.74 Å². The van der Waals surface area contributed by atoms with Gasteiger partial charge in [0.25, 0.3) is 5.91 Å². The summed E-state index contributed by atoms with van der Waals surface area (Å²) in [6.45, 7) is 0.292. The van der Waals surface area contributed by atoms with Crippen LogP contribution in [0.15, 0.2) is 30.3 Å². The Bertz CT molecular complexity index is 845. The van der Waals surface area contributed by atoms with Gasteiger partial charge in [-0.3, -0.25) is 9.48 Å². The monoisotopic (exact) mass is 379 g/mol. The highest BCUT2D eigenvalue weighted by Gasteiger charge is 2.09. The Morgan fingerprint density at radius 2 is 1.93 bits per heavy atom. The van der Waals surface area contributed by atoms with Crippen molar-refractivity contribution >= 4 is 23.6 Å². The first-order valence-corrected chi connectivity index (χ1v) is 7.96. The number of hydrogen-bond donors (Lipinski definition) is 1. The Labute approximate surface area is 154 Å². The highest BCUT2D eigenvalue weighted by molar-refractivity contribution is 5.94. The van der Waals surface area contributed by atoms with Crippen LogP contribution in [0.1, 0.15) is 17.0 Å². The normalized spacial score (nSPS) is 11.0. The summed E-state index contributed by atoms with van der Waals surface area (Å²) in [5.41, 5.74) is 2.84. The first-order chi connectivity index (χ1) is 12.8. The van der Waals surface area contributed by atoms with Gasteiger partial charge in [0.1, 0.15) is 5.75 Å². The van der Waals surface area contributed by atoms with Gasteiger partial charge in [-0.15, -0.1) is 0 Å². The third-order valence-corrected chi connectivity index (χ3v) is 3.66. The Morgan fingerprint density at radius 1 is 1.26 bits per heavy atom. The Hall–Kier alpha value is -3.23. The van der Waals surface area contributed by atoms with Gasteiger partial charge in [-0.25, -0.2) is 4.79 Å². The lowest BCUT2D eigenvalue weighted by Crippen LogP contribution is -2.20. The maximum atomic E-state index is 12.1. The lowest BCUT2D eigenvalue weighted by molar-refractivity contribution is -0.142. The quantitative estimate of drug-likeness (QED) is 0.591. The molecule has 0 atom stereocenters. The largest absolute Gasteiger partial charge is 0.452 e. The fraction of sp³-hybridized carbons (Fsp3) is 0.278. The third-order valence-electron chi connectivity index (χ3n) is 3.66. The minimum atomic E-state index is -2.92. The van der Waals surface area contributed by atoms with E-state index in [0.29, 0.717) is 5.69 Å². The van der Waals surface area contributed by atoms with Crippen molar-refractivity contribution in [3.05, 3.63) is 47.3 Å². The summed E-state index contributed by atoms with van der Waals surface area (Å²) in [7, 11) is 1.80. The van der Waals surface area contributed by atoms with Crippen LogP contribution in [-0.2, 0) is 21.4 Å². The van der Waals surface area contributed by atoms with Crippen molar-refractivity contribution in [3.63, 3.8) is 0 Å². The Balaban J connectivity index is 1.82.